The van der Waals surface area contributed by atoms with Crippen molar-refractivity contribution in [3.8, 4) is 0 Å². The number of benzene rings is 1. The van der Waals surface area contributed by atoms with E-state index < -0.39 is 0 Å². The van der Waals surface area contributed by atoms with Crippen LogP contribution in [-0.2, 0) is 17.9 Å². The minimum atomic E-state index is -0.176. The van der Waals surface area contributed by atoms with E-state index in [9.17, 15) is 4.79 Å². The lowest BCUT2D eigenvalue weighted by molar-refractivity contribution is -0.129. The first-order valence-corrected chi connectivity index (χ1v) is 10.8. The summed E-state index contributed by atoms with van der Waals surface area (Å²) in [7, 11) is 0. The second-order valence-electron chi connectivity index (χ2n) is 7.33. The number of rotatable bonds is 5. The minimum Gasteiger partial charge on any atom is -0.383 e. The molecule has 3 N–H and O–H groups in total. The van der Waals surface area contributed by atoms with Crippen molar-refractivity contribution in [2.24, 2.45) is 0 Å². The largest absolute Gasteiger partial charge is 0.383 e. The molecule has 1 atom stereocenters. The van der Waals surface area contributed by atoms with Gasteiger partial charge in [-0.15, -0.1) is 11.3 Å². The third-order valence-corrected chi connectivity index (χ3v) is 6.58. The average Bonchev–Trinajstić information content (AvgIpc) is 3.29. The summed E-state index contributed by atoms with van der Waals surface area (Å²) in [6, 6.07) is 11.5. The Labute approximate surface area is 181 Å². The first-order valence-electron chi connectivity index (χ1n) is 9.63. The smallest absolute Gasteiger partial charge is 0.240 e. The summed E-state index contributed by atoms with van der Waals surface area (Å²) >= 11 is 7.56. The molecule has 4 aromatic rings. The van der Waals surface area contributed by atoms with Crippen molar-refractivity contribution in [1.82, 2.24) is 25.2 Å². The Morgan fingerprint density at radius 3 is 3.03 bits per heavy atom. The number of nitrogen functional groups attached to an aromatic ring is 1. The molecule has 0 radical (unpaired) electrons. The molecule has 1 aromatic carbocycles. The maximum atomic E-state index is 12.9. The predicted molar refractivity (Wildman–Crippen MR) is 119 cm³/mol. The van der Waals surface area contributed by atoms with Gasteiger partial charge in [-0.05, 0) is 42.3 Å². The molecule has 7 nitrogen and oxygen atoms in total. The standard InChI is InChI=1S/C21H19ClN6OS/c22-18-4-2-13-8-14(30-20(13)27-18)9-24-16-5-6-28(21(16)29)10-12-1-3-15-17(7-12)25-11-26-19(15)23/h1-4,7-8,11,16,24H,5-6,9-10H2,(H2,23,25,26). The van der Waals surface area contributed by atoms with Crippen molar-refractivity contribution in [3.63, 3.8) is 0 Å². The summed E-state index contributed by atoms with van der Waals surface area (Å²) < 4.78 is 0. The van der Waals surface area contributed by atoms with E-state index in [1.165, 1.54) is 6.33 Å². The number of carbonyl (C=O) groups is 1. The topological polar surface area (TPSA) is 97.0 Å². The van der Waals surface area contributed by atoms with Gasteiger partial charge in [0.25, 0.3) is 0 Å². The number of pyridine rings is 1. The second-order valence-corrected chi connectivity index (χ2v) is 8.84. The normalized spacial score (nSPS) is 16.8. The molecule has 0 aliphatic carbocycles. The Balaban J connectivity index is 1.23. The SMILES string of the molecule is Nc1ncnc2cc(CN3CCC(NCc4cc5ccc(Cl)nc5s4)C3=O)ccc12. The number of amides is 1. The average molecular weight is 439 g/mol. The van der Waals surface area contributed by atoms with Crippen molar-refractivity contribution < 1.29 is 4.79 Å². The molecule has 1 fully saturated rings. The molecule has 0 spiro atoms. The third-order valence-electron chi connectivity index (χ3n) is 5.33. The van der Waals surface area contributed by atoms with Crippen LogP contribution in [0, 0.1) is 0 Å². The lowest BCUT2D eigenvalue weighted by Crippen LogP contribution is -2.37. The highest BCUT2D eigenvalue weighted by Gasteiger charge is 2.31. The molecule has 5 rings (SSSR count). The summed E-state index contributed by atoms with van der Waals surface area (Å²) in [5.41, 5.74) is 7.71. The molecule has 9 heteroatoms. The fourth-order valence-corrected chi connectivity index (χ4v) is 4.96. The van der Waals surface area contributed by atoms with E-state index in [4.69, 9.17) is 17.3 Å². The van der Waals surface area contributed by atoms with Crippen molar-refractivity contribution in [2.75, 3.05) is 12.3 Å². The molecule has 4 heterocycles. The Kier molecular flexibility index (Phi) is 4.98. The van der Waals surface area contributed by atoms with Crippen LogP contribution in [0.15, 0.2) is 42.7 Å². The van der Waals surface area contributed by atoms with Crippen LogP contribution in [0.3, 0.4) is 0 Å². The van der Waals surface area contributed by atoms with Gasteiger partial charge in [0, 0.05) is 35.3 Å². The number of hydrogen-bond donors (Lipinski definition) is 2. The summed E-state index contributed by atoms with van der Waals surface area (Å²) in [6.45, 7) is 1.92. The van der Waals surface area contributed by atoms with Crippen molar-refractivity contribution in [2.45, 2.75) is 25.6 Å². The summed E-state index contributed by atoms with van der Waals surface area (Å²) in [6.07, 6.45) is 2.25. The zero-order valence-corrected chi connectivity index (χ0v) is 17.6. The molecular weight excluding hydrogens is 420 g/mol. The number of hydrogen-bond acceptors (Lipinski definition) is 7. The zero-order valence-electron chi connectivity index (χ0n) is 16.0. The highest BCUT2D eigenvalue weighted by Crippen LogP contribution is 2.26. The van der Waals surface area contributed by atoms with Crippen LogP contribution in [0.1, 0.15) is 16.9 Å². The molecule has 3 aromatic heterocycles. The molecule has 1 unspecified atom stereocenters. The van der Waals surface area contributed by atoms with E-state index in [2.05, 4.69) is 26.3 Å². The monoisotopic (exact) mass is 438 g/mol. The molecule has 1 aliphatic rings. The van der Waals surface area contributed by atoms with Gasteiger partial charge in [-0.3, -0.25) is 4.79 Å². The van der Waals surface area contributed by atoms with Gasteiger partial charge in [-0.1, -0.05) is 17.7 Å². The Morgan fingerprint density at radius 1 is 1.23 bits per heavy atom. The fourth-order valence-electron chi connectivity index (χ4n) is 3.79. The third kappa shape index (κ3) is 3.69. The van der Waals surface area contributed by atoms with Gasteiger partial charge in [-0.2, -0.15) is 0 Å². The van der Waals surface area contributed by atoms with Crippen molar-refractivity contribution in [3.05, 3.63) is 58.3 Å². The number of thiophene rings is 1. The molecular formula is C21H19ClN6OS. The number of carbonyl (C=O) groups excluding carboxylic acids is 1. The number of halogens is 1. The van der Waals surface area contributed by atoms with E-state index >= 15 is 0 Å². The van der Waals surface area contributed by atoms with Crippen LogP contribution in [-0.4, -0.2) is 38.3 Å². The number of fused-ring (bicyclic) bond motifs is 2. The lowest BCUT2D eigenvalue weighted by Gasteiger charge is -2.17. The van der Waals surface area contributed by atoms with Gasteiger partial charge in [-0.25, -0.2) is 15.0 Å². The van der Waals surface area contributed by atoms with E-state index in [-0.39, 0.29) is 11.9 Å². The maximum absolute atomic E-state index is 12.9. The van der Waals surface area contributed by atoms with E-state index in [1.54, 1.807) is 17.4 Å². The fraction of sp³-hybridized carbons (Fsp3) is 0.238. The van der Waals surface area contributed by atoms with Crippen LogP contribution in [0.2, 0.25) is 5.15 Å². The quantitative estimate of drug-likeness (QED) is 0.464. The van der Waals surface area contributed by atoms with Crippen molar-refractivity contribution in [1.29, 1.82) is 0 Å². The first-order chi connectivity index (χ1) is 14.6. The first kappa shape index (κ1) is 19.2. The van der Waals surface area contributed by atoms with Gasteiger partial charge in [0.15, 0.2) is 0 Å². The molecule has 1 aliphatic heterocycles. The van der Waals surface area contributed by atoms with Gasteiger partial charge < -0.3 is 16.0 Å². The van der Waals surface area contributed by atoms with Gasteiger partial charge in [0.05, 0.1) is 11.6 Å². The number of anilines is 1. The van der Waals surface area contributed by atoms with E-state index in [0.29, 0.717) is 24.1 Å². The van der Waals surface area contributed by atoms with Crippen LogP contribution in [0.5, 0.6) is 0 Å². The highest BCUT2D eigenvalue weighted by atomic mass is 35.5. The number of nitrogens with zero attached hydrogens (tertiary/aromatic N) is 4. The summed E-state index contributed by atoms with van der Waals surface area (Å²) in [4.78, 5) is 29.4. The number of likely N-dealkylation sites (tertiary alicyclic amines) is 1. The number of aromatic nitrogens is 3. The summed E-state index contributed by atoms with van der Waals surface area (Å²) in [5, 5.41) is 5.79. The second kappa shape index (κ2) is 7.79. The van der Waals surface area contributed by atoms with Crippen LogP contribution in [0.4, 0.5) is 5.82 Å². The lowest BCUT2D eigenvalue weighted by atomic mass is 10.1. The Morgan fingerprint density at radius 2 is 2.13 bits per heavy atom. The van der Waals surface area contributed by atoms with Crippen LogP contribution < -0.4 is 11.1 Å². The van der Waals surface area contributed by atoms with Gasteiger partial charge in [0.1, 0.15) is 22.1 Å². The minimum absolute atomic E-state index is 0.125. The molecule has 30 heavy (non-hydrogen) atoms. The van der Waals surface area contributed by atoms with Crippen molar-refractivity contribution >= 4 is 55.8 Å². The van der Waals surface area contributed by atoms with E-state index in [0.717, 1.165) is 44.5 Å². The van der Waals surface area contributed by atoms with Crippen LogP contribution in [0.25, 0.3) is 21.1 Å². The highest BCUT2D eigenvalue weighted by molar-refractivity contribution is 7.18. The molecule has 152 valence electrons. The zero-order chi connectivity index (χ0) is 20.7. The molecule has 1 saturated heterocycles. The Bertz CT molecular complexity index is 1260. The van der Waals surface area contributed by atoms with Gasteiger partial charge in [0.2, 0.25) is 5.91 Å². The van der Waals surface area contributed by atoms with E-state index in [1.807, 2.05) is 29.2 Å². The predicted octanol–water partition coefficient (Wildman–Crippen LogP) is 3.37. The number of nitrogens with two attached hydrogens (primary N) is 1. The maximum Gasteiger partial charge on any atom is 0.240 e. The molecule has 1 amide bonds. The summed E-state index contributed by atoms with van der Waals surface area (Å²) in [5.74, 6) is 0.589. The molecule has 0 saturated carbocycles. The number of nitrogens with one attached hydrogen (secondary N) is 1. The Hall–Kier alpha value is -2.81. The van der Waals surface area contributed by atoms with Crippen LogP contribution >= 0.6 is 22.9 Å². The molecule has 0 bridgehead atoms. The van der Waals surface area contributed by atoms with Gasteiger partial charge >= 0.3 is 0 Å².